The SMILES string of the molecule is CCCc1[nH]c2cc(C(=O)NCc3ccccc3Cl)ccc2c1Cl. The third-order valence-corrected chi connectivity index (χ3v) is 4.77. The van der Waals surface area contributed by atoms with Gasteiger partial charge in [-0.25, -0.2) is 0 Å². The molecular formula is C19H18Cl2N2O. The third kappa shape index (κ3) is 3.42. The molecule has 1 amide bonds. The Balaban J connectivity index is 1.79. The number of benzene rings is 2. The van der Waals surface area contributed by atoms with Crippen molar-refractivity contribution in [2.75, 3.05) is 0 Å². The maximum Gasteiger partial charge on any atom is 0.251 e. The van der Waals surface area contributed by atoms with Crippen LogP contribution in [0.2, 0.25) is 10.0 Å². The largest absolute Gasteiger partial charge is 0.357 e. The molecule has 0 aliphatic carbocycles. The molecule has 2 aromatic carbocycles. The van der Waals surface area contributed by atoms with Crippen LogP contribution in [0.3, 0.4) is 0 Å². The topological polar surface area (TPSA) is 44.9 Å². The number of nitrogens with one attached hydrogen (secondary N) is 2. The summed E-state index contributed by atoms with van der Waals surface area (Å²) >= 11 is 12.5. The summed E-state index contributed by atoms with van der Waals surface area (Å²) in [5.41, 5.74) is 3.38. The van der Waals surface area contributed by atoms with E-state index in [2.05, 4.69) is 17.2 Å². The van der Waals surface area contributed by atoms with Gasteiger partial charge in [-0.1, -0.05) is 60.8 Å². The van der Waals surface area contributed by atoms with E-state index in [1.54, 1.807) is 6.07 Å². The summed E-state index contributed by atoms with van der Waals surface area (Å²) in [6.45, 7) is 2.50. The lowest BCUT2D eigenvalue weighted by molar-refractivity contribution is 0.0951. The van der Waals surface area contributed by atoms with E-state index in [4.69, 9.17) is 23.2 Å². The first kappa shape index (κ1) is 16.9. The van der Waals surface area contributed by atoms with Gasteiger partial charge >= 0.3 is 0 Å². The first-order chi connectivity index (χ1) is 11.6. The molecule has 0 atom stereocenters. The van der Waals surface area contributed by atoms with Crippen molar-refractivity contribution >= 4 is 40.0 Å². The highest BCUT2D eigenvalue weighted by Gasteiger charge is 2.12. The number of carbonyl (C=O) groups is 1. The van der Waals surface area contributed by atoms with Crippen LogP contribution in [0.25, 0.3) is 10.9 Å². The van der Waals surface area contributed by atoms with Crippen molar-refractivity contribution < 1.29 is 4.79 Å². The summed E-state index contributed by atoms with van der Waals surface area (Å²) in [5.74, 6) is -0.139. The average molecular weight is 361 g/mol. The molecule has 1 aromatic heterocycles. The molecule has 5 heteroatoms. The van der Waals surface area contributed by atoms with Crippen molar-refractivity contribution in [3.8, 4) is 0 Å². The lowest BCUT2D eigenvalue weighted by Gasteiger charge is -2.07. The number of carbonyl (C=O) groups excluding carboxylic acids is 1. The number of amides is 1. The highest BCUT2D eigenvalue weighted by Crippen LogP contribution is 2.29. The minimum Gasteiger partial charge on any atom is -0.357 e. The molecular weight excluding hydrogens is 343 g/mol. The number of hydrogen-bond acceptors (Lipinski definition) is 1. The number of aryl methyl sites for hydroxylation is 1. The quantitative estimate of drug-likeness (QED) is 0.632. The van der Waals surface area contributed by atoms with Crippen LogP contribution in [0, 0.1) is 0 Å². The van der Waals surface area contributed by atoms with Gasteiger partial charge in [0, 0.05) is 33.7 Å². The zero-order chi connectivity index (χ0) is 17.1. The van der Waals surface area contributed by atoms with Crippen molar-refractivity contribution in [1.29, 1.82) is 0 Å². The van der Waals surface area contributed by atoms with Gasteiger partial charge in [-0.2, -0.15) is 0 Å². The Bertz CT molecular complexity index is 886. The maximum absolute atomic E-state index is 12.4. The van der Waals surface area contributed by atoms with E-state index in [1.165, 1.54) is 0 Å². The van der Waals surface area contributed by atoms with Crippen LogP contribution in [-0.4, -0.2) is 10.9 Å². The Morgan fingerprint density at radius 3 is 2.71 bits per heavy atom. The van der Waals surface area contributed by atoms with Crippen LogP contribution in [-0.2, 0) is 13.0 Å². The summed E-state index contributed by atoms with van der Waals surface area (Å²) in [7, 11) is 0. The van der Waals surface area contributed by atoms with E-state index < -0.39 is 0 Å². The van der Waals surface area contributed by atoms with E-state index in [9.17, 15) is 4.79 Å². The summed E-state index contributed by atoms with van der Waals surface area (Å²) in [6, 6.07) is 13.0. The highest BCUT2D eigenvalue weighted by molar-refractivity contribution is 6.36. The Morgan fingerprint density at radius 2 is 1.96 bits per heavy atom. The van der Waals surface area contributed by atoms with Gasteiger partial charge in [-0.05, 0) is 30.2 Å². The zero-order valence-electron chi connectivity index (χ0n) is 13.3. The molecule has 0 spiro atoms. The van der Waals surface area contributed by atoms with Gasteiger partial charge in [0.15, 0.2) is 0 Å². The van der Waals surface area contributed by atoms with Crippen LogP contribution < -0.4 is 5.32 Å². The molecule has 2 N–H and O–H groups in total. The zero-order valence-corrected chi connectivity index (χ0v) is 14.8. The van der Waals surface area contributed by atoms with Gasteiger partial charge in [-0.15, -0.1) is 0 Å². The van der Waals surface area contributed by atoms with Gasteiger partial charge in [0.1, 0.15) is 0 Å². The van der Waals surface area contributed by atoms with E-state index in [-0.39, 0.29) is 5.91 Å². The van der Waals surface area contributed by atoms with Gasteiger partial charge < -0.3 is 10.3 Å². The summed E-state index contributed by atoms with van der Waals surface area (Å²) in [6.07, 6.45) is 1.90. The van der Waals surface area contributed by atoms with Crippen molar-refractivity contribution in [2.24, 2.45) is 0 Å². The minimum atomic E-state index is -0.139. The summed E-state index contributed by atoms with van der Waals surface area (Å²) < 4.78 is 0. The number of rotatable bonds is 5. The average Bonchev–Trinajstić information content (AvgIpc) is 2.90. The molecule has 124 valence electrons. The Kier molecular flexibility index (Phi) is 5.12. The number of aromatic nitrogens is 1. The highest BCUT2D eigenvalue weighted by atomic mass is 35.5. The number of hydrogen-bond donors (Lipinski definition) is 2. The number of H-pyrrole nitrogens is 1. The van der Waals surface area contributed by atoms with Crippen molar-refractivity contribution in [3.05, 3.63) is 69.3 Å². The Morgan fingerprint density at radius 1 is 1.17 bits per heavy atom. The molecule has 3 rings (SSSR count). The fourth-order valence-corrected chi connectivity index (χ4v) is 3.21. The van der Waals surface area contributed by atoms with Crippen LogP contribution in [0.1, 0.15) is 35.0 Å². The smallest absolute Gasteiger partial charge is 0.251 e. The van der Waals surface area contributed by atoms with Gasteiger partial charge in [0.05, 0.1) is 5.02 Å². The van der Waals surface area contributed by atoms with E-state index in [0.29, 0.717) is 17.1 Å². The second-order valence-electron chi connectivity index (χ2n) is 5.70. The van der Waals surface area contributed by atoms with Crippen molar-refractivity contribution in [1.82, 2.24) is 10.3 Å². The van der Waals surface area contributed by atoms with Crippen LogP contribution >= 0.6 is 23.2 Å². The molecule has 0 aliphatic heterocycles. The minimum absolute atomic E-state index is 0.139. The Labute approximate surface area is 151 Å². The van der Waals surface area contributed by atoms with Gasteiger partial charge in [0.25, 0.3) is 5.91 Å². The molecule has 0 aliphatic rings. The van der Waals surface area contributed by atoms with E-state index >= 15 is 0 Å². The molecule has 24 heavy (non-hydrogen) atoms. The summed E-state index contributed by atoms with van der Waals surface area (Å²) in [4.78, 5) is 15.7. The van der Waals surface area contributed by atoms with Gasteiger partial charge in [0.2, 0.25) is 0 Å². The van der Waals surface area contributed by atoms with Crippen LogP contribution in [0.5, 0.6) is 0 Å². The normalized spacial score (nSPS) is 11.0. The fourth-order valence-electron chi connectivity index (χ4n) is 2.70. The molecule has 0 fully saturated rings. The second-order valence-corrected chi connectivity index (χ2v) is 6.49. The number of halogens is 2. The maximum atomic E-state index is 12.4. The summed E-state index contributed by atoms with van der Waals surface area (Å²) in [5, 5.41) is 5.24. The number of fused-ring (bicyclic) bond motifs is 1. The fraction of sp³-hybridized carbons (Fsp3) is 0.211. The second kappa shape index (κ2) is 7.29. The number of aromatic amines is 1. The molecule has 0 saturated carbocycles. The lowest BCUT2D eigenvalue weighted by Crippen LogP contribution is -2.22. The standard InChI is InChI=1S/C19H18Cl2N2O/c1-2-5-16-18(21)14-9-8-12(10-17(14)23-16)19(24)22-11-13-6-3-4-7-15(13)20/h3-4,6-10,23H,2,5,11H2,1H3,(H,22,24). The first-order valence-corrected chi connectivity index (χ1v) is 8.67. The van der Waals surface area contributed by atoms with Crippen molar-refractivity contribution in [2.45, 2.75) is 26.3 Å². The monoisotopic (exact) mass is 360 g/mol. The molecule has 0 unspecified atom stereocenters. The molecule has 0 radical (unpaired) electrons. The van der Waals surface area contributed by atoms with Gasteiger partial charge in [-0.3, -0.25) is 4.79 Å². The van der Waals surface area contributed by atoms with Crippen LogP contribution in [0.4, 0.5) is 0 Å². The van der Waals surface area contributed by atoms with Crippen LogP contribution in [0.15, 0.2) is 42.5 Å². The predicted octanol–water partition coefficient (Wildman–Crippen LogP) is 5.36. The molecule has 0 saturated heterocycles. The first-order valence-electron chi connectivity index (χ1n) is 7.92. The third-order valence-electron chi connectivity index (χ3n) is 3.97. The van der Waals surface area contributed by atoms with Crippen molar-refractivity contribution in [3.63, 3.8) is 0 Å². The predicted molar refractivity (Wildman–Crippen MR) is 99.9 cm³/mol. The molecule has 0 bridgehead atoms. The molecule has 1 heterocycles. The Hall–Kier alpha value is -1.97. The lowest BCUT2D eigenvalue weighted by atomic mass is 10.1. The van der Waals surface area contributed by atoms with E-state index in [0.717, 1.165) is 40.0 Å². The molecule has 3 nitrogen and oxygen atoms in total. The van der Waals surface area contributed by atoms with E-state index in [1.807, 2.05) is 36.4 Å². The molecule has 3 aromatic rings.